The van der Waals surface area contributed by atoms with Crippen LogP contribution >= 0.6 is 0 Å². The van der Waals surface area contributed by atoms with Crippen molar-refractivity contribution in [3.63, 3.8) is 0 Å². The van der Waals surface area contributed by atoms with Crippen molar-refractivity contribution in [3.8, 4) is 5.75 Å². The largest absolute Gasteiger partial charge is 0.511 e. The summed E-state index contributed by atoms with van der Waals surface area (Å²) in [5, 5.41) is 44.8. The first-order valence-corrected chi connectivity index (χ1v) is 13.4. The predicted molar refractivity (Wildman–Crippen MR) is 147 cm³/mol. The number of aromatic nitrogens is 1. The molecule has 0 unspecified atom stereocenters. The second kappa shape index (κ2) is 9.26. The number of carbonyl (C=O) groups excluding carboxylic acids is 3. The summed E-state index contributed by atoms with van der Waals surface area (Å²) in [6.45, 7) is 1.76. The number of rotatable bonds is 6. The highest BCUT2D eigenvalue weighted by molar-refractivity contribution is 6.24. The van der Waals surface area contributed by atoms with Crippen LogP contribution in [-0.4, -0.2) is 62.2 Å². The molecule has 0 aliphatic heterocycles. The summed E-state index contributed by atoms with van der Waals surface area (Å²) in [5.41, 5.74) is 3.87. The number of phenols is 1. The van der Waals surface area contributed by atoms with Gasteiger partial charge in [-0.05, 0) is 61.4 Å². The van der Waals surface area contributed by atoms with E-state index in [1.165, 1.54) is 0 Å². The Morgan fingerprint density at radius 1 is 1.20 bits per heavy atom. The van der Waals surface area contributed by atoms with Crippen LogP contribution in [0.25, 0.3) is 0 Å². The molecule has 3 aliphatic rings. The summed E-state index contributed by atoms with van der Waals surface area (Å²) in [4.78, 5) is 41.2. The molecule has 10 nitrogen and oxygen atoms in total. The normalized spacial score (nSPS) is 26.0. The number of aliphatic hydroxyl groups excluding tert-OH is 2. The van der Waals surface area contributed by atoms with Gasteiger partial charge in [0.25, 0.3) is 5.91 Å². The van der Waals surface area contributed by atoms with E-state index in [4.69, 9.17) is 5.73 Å². The third-order valence-electron chi connectivity index (χ3n) is 8.93. The number of aliphatic hydroxyl groups is 3. The average molecular weight is 550 g/mol. The number of benzene rings is 1. The van der Waals surface area contributed by atoms with E-state index >= 15 is 0 Å². The number of anilines is 1. The summed E-state index contributed by atoms with van der Waals surface area (Å²) in [7, 11) is 5.67. The summed E-state index contributed by atoms with van der Waals surface area (Å²) in [6, 6.07) is 5.89. The Balaban J connectivity index is 1.61. The Labute approximate surface area is 232 Å². The number of hydrogen-bond donors (Lipinski definition) is 5. The fraction of sp³-hybridized carbons (Fsp3) is 0.433. The number of nitrogens with zero attached hydrogens (tertiary/aromatic N) is 2. The Morgan fingerprint density at radius 2 is 1.90 bits per heavy atom. The van der Waals surface area contributed by atoms with Crippen LogP contribution in [0.3, 0.4) is 0 Å². The number of nitrogens with two attached hydrogens (primary N) is 1. The Morgan fingerprint density at radius 3 is 2.50 bits per heavy atom. The highest BCUT2D eigenvalue weighted by Gasteiger charge is 2.62. The van der Waals surface area contributed by atoms with Gasteiger partial charge in [-0.1, -0.05) is 6.92 Å². The minimum absolute atomic E-state index is 0.0397. The van der Waals surface area contributed by atoms with Gasteiger partial charge in [-0.25, -0.2) is 0 Å². The quantitative estimate of drug-likeness (QED) is 0.343. The molecule has 0 spiro atoms. The van der Waals surface area contributed by atoms with Crippen LogP contribution in [0.2, 0.25) is 0 Å². The molecule has 0 saturated heterocycles. The number of fused-ring (bicyclic) bond motifs is 3. The van der Waals surface area contributed by atoms with E-state index < -0.39 is 51.5 Å². The Bertz CT molecular complexity index is 1530. The maximum atomic E-state index is 14.1. The van der Waals surface area contributed by atoms with Crippen molar-refractivity contribution < 1.29 is 34.8 Å². The molecule has 1 amide bonds. The standard InChI is InChI=1S/C30H35N3O7/c1-29-13-16-12-20(34)22(28(31)39)26(37)30(16,40)27(38)23(29)25(36)21-18(14-29)19(32(2)3)11-15(24(21)35)7-5-8-17-9-6-10-33(17)4/h6,9-11,16,34-35,38,40H,5,7-8,12-14H2,1-4H3,(H2,31,39)/t16-,29-,30-/m1/s1. The number of hydrogen-bond acceptors (Lipinski definition) is 8. The van der Waals surface area contributed by atoms with Crippen LogP contribution in [0, 0.1) is 11.3 Å². The van der Waals surface area contributed by atoms with Crippen molar-refractivity contribution in [2.45, 2.75) is 51.0 Å². The maximum Gasteiger partial charge on any atom is 0.255 e. The van der Waals surface area contributed by atoms with Gasteiger partial charge in [0, 0.05) is 62.0 Å². The number of ketones is 2. The third kappa shape index (κ3) is 3.84. The van der Waals surface area contributed by atoms with E-state index in [-0.39, 0.29) is 36.1 Å². The number of Topliss-reactive ketones (excluding diaryl/α,β-unsaturated/α-hetero) is 2. The molecule has 0 fully saturated rings. The molecular formula is C30H35N3O7. The molecule has 3 aliphatic carbocycles. The number of aromatic hydroxyl groups is 1. The lowest BCUT2D eigenvalue weighted by Crippen LogP contribution is -2.59. The molecule has 1 aromatic heterocycles. The summed E-state index contributed by atoms with van der Waals surface area (Å²) in [6.07, 6.45) is 4.01. The summed E-state index contributed by atoms with van der Waals surface area (Å²) >= 11 is 0. The van der Waals surface area contributed by atoms with Crippen molar-refractivity contribution in [2.75, 3.05) is 19.0 Å². The molecule has 0 saturated carbocycles. The zero-order valence-electron chi connectivity index (χ0n) is 23.1. The first kappa shape index (κ1) is 27.5. The molecular weight excluding hydrogens is 514 g/mol. The van der Waals surface area contributed by atoms with E-state index in [0.717, 1.165) is 24.2 Å². The van der Waals surface area contributed by atoms with Crippen molar-refractivity contribution in [3.05, 3.63) is 69.4 Å². The number of carbonyl (C=O) groups is 3. The van der Waals surface area contributed by atoms with Gasteiger partial charge in [0.1, 0.15) is 22.8 Å². The molecule has 5 rings (SSSR count). The molecule has 0 radical (unpaired) electrons. The van der Waals surface area contributed by atoms with Crippen LogP contribution in [0.4, 0.5) is 5.69 Å². The van der Waals surface area contributed by atoms with E-state index in [0.29, 0.717) is 17.5 Å². The Hall–Kier alpha value is -4.05. The van der Waals surface area contributed by atoms with Crippen LogP contribution < -0.4 is 10.6 Å². The lowest BCUT2D eigenvalue weighted by Gasteiger charge is -2.50. The molecule has 2 aromatic rings. The summed E-state index contributed by atoms with van der Waals surface area (Å²) in [5.74, 6) is -5.69. The fourth-order valence-electron chi connectivity index (χ4n) is 6.93. The highest BCUT2D eigenvalue weighted by Crippen LogP contribution is 2.58. The van der Waals surface area contributed by atoms with Gasteiger partial charge >= 0.3 is 0 Å². The zero-order chi connectivity index (χ0) is 29.3. The summed E-state index contributed by atoms with van der Waals surface area (Å²) < 4.78 is 2.03. The van der Waals surface area contributed by atoms with E-state index in [1.54, 1.807) is 6.92 Å². The van der Waals surface area contributed by atoms with Crippen LogP contribution in [-0.2, 0) is 35.9 Å². The van der Waals surface area contributed by atoms with Crippen molar-refractivity contribution in [2.24, 2.45) is 24.1 Å². The van der Waals surface area contributed by atoms with E-state index in [2.05, 4.69) is 0 Å². The van der Waals surface area contributed by atoms with Crippen molar-refractivity contribution >= 4 is 23.2 Å². The molecule has 212 valence electrons. The maximum absolute atomic E-state index is 14.1. The lowest BCUT2D eigenvalue weighted by atomic mass is 9.54. The number of aryl methyl sites for hydroxylation is 3. The van der Waals surface area contributed by atoms with Crippen molar-refractivity contribution in [1.29, 1.82) is 0 Å². The second-order valence-corrected chi connectivity index (χ2v) is 11.8. The van der Waals surface area contributed by atoms with Crippen LogP contribution in [0.1, 0.15) is 53.4 Å². The predicted octanol–water partition coefficient (Wildman–Crippen LogP) is 2.55. The average Bonchev–Trinajstić information content (AvgIpc) is 3.26. The monoisotopic (exact) mass is 549 g/mol. The van der Waals surface area contributed by atoms with E-state index in [9.17, 15) is 34.8 Å². The molecule has 3 atom stereocenters. The van der Waals surface area contributed by atoms with Gasteiger partial charge in [-0.2, -0.15) is 0 Å². The first-order valence-electron chi connectivity index (χ1n) is 13.4. The van der Waals surface area contributed by atoms with Gasteiger partial charge in [0.2, 0.25) is 5.78 Å². The topological polar surface area (TPSA) is 166 Å². The fourth-order valence-corrected chi connectivity index (χ4v) is 6.93. The molecule has 6 N–H and O–H groups in total. The first-order chi connectivity index (χ1) is 18.7. The minimum atomic E-state index is -2.59. The minimum Gasteiger partial charge on any atom is -0.511 e. The molecule has 1 aromatic carbocycles. The number of allylic oxidation sites excluding steroid dienone is 2. The van der Waals surface area contributed by atoms with Crippen LogP contribution in [0.15, 0.2) is 47.1 Å². The lowest BCUT2D eigenvalue weighted by molar-refractivity contribution is -0.145. The molecule has 40 heavy (non-hydrogen) atoms. The molecule has 0 bridgehead atoms. The zero-order valence-corrected chi connectivity index (χ0v) is 23.1. The third-order valence-corrected chi connectivity index (χ3v) is 8.93. The number of phenolic OH excluding ortho intramolecular Hbond substituents is 1. The van der Waals surface area contributed by atoms with Gasteiger partial charge in [0.15, 0.2) is 11.4 Å². The van der Waals surface area contributed by atoms with Gasteiger partial charge < -0.3 is 35.6 Å². The van der Waals surface area contributed by atoms with Crippen molar-refractivity contribution in [1.82, 2.24) is 4.57 Å². The van der Waals surface area contributed by atoms with Gasteiger partial charge in [-0.3, -0.25) is 14.4 Å². The molecule has 10 heteroatoms. The van der Waals surface area contributed by atoms with Gasteiger partial charge in [-0.15, -0.1) is 0 Å². The smallest absolute Gasteiger partial charge is 0.255 e. The van der Waals surface area contributed by atoms with Gasteiger partial charge in [0.05, 0.1) is 5.56 Å². The SMILES string of the molecule is CN(C)c1cc(CCCc2cccn2C)c(O)c2c1C[C@@]1(C)C[C@H]3CC(O)=C(C(N)=O)C(=O)[C@@]3(O)C(O)=C1C2=O. The Kier molecular flexibility index (Phi) is 6.37. The van der Waals surface area contributed by atoms with Crippen LogP contribution in [0.5, 0.6) is 5.75 Å². The highest BCUT2D eigenvalue weighted by atomic mass is 16.3. The second-order valence-electron chi connectivity index (χ2n) is 11.8. The van der Waals surface area contributed by atoms with E-state index in [1.807, 2.05) is 55.0 Å². The number of primary amides is 1. The molecule has 1 heterocycles. The number of amides is 1.